The molecule has 15 heavy (non-hydrogen) atoms. The molecule has 0 amide bonds. The molecule has 0 bridgehead atoms. The summed E-state index contributed by atoms with van der Waals surface area (Å²) in [6.07, 6.45) is 3.35. The van der Waals surface area contributed by atoms with E-state index in [-0.39, 0.29) is 6.10 Å². The Balaban J connectivity index is 2.30. The molecule has 0 saturated carbocycles. The Morgan fingerprint density at radius 2 is 2.33 bits per heavy atom. The molecule has 1 aromatic rings. The van der Waals surface area contributed by atoms with Crippen molar-refractivity contribution in [2.75, 3.05) is 24.2 Å². The van der Waals surface area contributed by atoms with Crippen molar-refractivity contribution in [2.45, 2.75) is 25.9 Å². The molecule has 4 nitrogen and oxygen atoms in total. The van der Waals surface area contributed by atoms with Crippen LogP contribution in [0.1, 0.15) is 19.8 Å². The third-order valence-electron chi connectivity index (χ3n) is 2.14. The molecule has 1 atom stereocenters. The number of hydrogen-bond donors (Lipinski definition) is 3. The van der Waals surface area contributed by atoms with E-state index in [0.717, 1.165) is 30.9 Å². The smallest absolute Gasteiger partial charge is 0.127 e. The van der Waals surface area contributed by atoms with E-state index in [1.807, 2.05) is 26.1 Å². The molecule has 0 aliphatic heterocycles. The van der Waals surface area contributed by atoms with Crippen LogP contribution in [-0.2, 0) is 0 Å². The summed E-state index contributed by atoms with van der Waals surface area (Å²) in [6, 6.07) is 3.89. The van der Waals surface area contributed by atoms with Crippen LogP contribution in [0, 0.1) is 0 Å². The predicted octanol–water partition coefficient (Wildman–Crippen LogP) is 1.70. The maximum absolute atomic E-state index is 9.08. The van der Waals surface area contributed by atoms with Crippen molar-refractivity contribution in [3.8, 4) is 0 Å². The number of aliphatic hydroxyl groups excluding tert-OH is 1. The highest BCUT2D eigenvalue weighted by atomic mass is 16.3. The van der Waals surface area contributed by atoms with Crippen molar-refractivity contribution in [1.29, 1.82) is 0 Å². The zero-order valence-corrected chi connectivity index (χ0v) is 9.33. The molecule has 0 aliphatic rings. The molecular formula is C11H19N3O. The standard InChI is InChI=1S/C11H19N3O/c1-9(15)4-3-6-13-10-5-7-14-11(8-10)12-2/h5,7-9,15H,3-4,6H2,1-2H3,(H2,12,13,14). The van der Waals surface area contributed by atoms with E-state index in [0.29, 0.717) is 0 Å². The second kappa shape index (κ2) is 6.24. The van der Waals surface area contributed by atoms with E-state index < -0.39 is 0 Å². The Labute approximate surface area is 90.7 Å². The first-order valence-corrected chi connectivity index (χ1v) is 5.28. The van der Waals surface area contributed by atoms with Gasteiger partial charge >= 0.3 is 0 Å². The maximum atomic E-state index is 9.08. The monoisotopic (exact) mass is 209 g/mol. The van der Waals surface area contributed by atoms with Crippen molar-refractivity contribution < 1.29 is 5.11 Å². The molecule has 0 fully saturated rings. The molecular weight excluding hydrogens is 190 g/mol. The number of hydrogen-bond acceptors (Lipinski definition) is 4. The highest BCUT2D eigenvalue weighted by Gasteiger charge is 1.97. The van der Waals surface area contributed by atoms with Gasteiger partial charge in [-0.15, -0.1) is 0 Å². The van der Waals surface area contributed by atoms with Gasteiger partial charge in [-0.25, -0.2) is 4.98 Å². The highest BCUT2D eigenvalue weighted by Crippen LogP contribution is 2.11. The van der Waals surface area contributed by atoms with Gasteiger partial charge in [-0.3, -0.25) is 0 Å². The summed E-state index contributed by atoms with van der Waals surface area (Å²) in [4.78, 5) is 4.12. The van der Waals surface area contributed by atoms with Gasteiger partial charge in [-0.2, -0.15) is 0 Å². The van der Waals surface area contributed by atoms with Crippen molar-refractivity contribution >= 4 is 11.5 Å². The first-order valence-electron chi connectivity index (χ1n) is 5.28. The molecule has 0 radical (unpaired) electrons. The number of pyridine rings is 1. The Morgan fingerprint density at radius 3 is 3.00 bits per heavy atom. The molecule has 0 aromatic carbocycles. The maximum Gasteiger partial charge on any atom is 0.127 e. The van der Waals surface area contributed by atoms with Gasteiger partial charge in [0, 0.05) is 31.5 Å². The average molecular weight is 209 g/mol. The van der Waals surface area contributed by atoms with Crippen LogP contribution in [0.4, 0.5) is 11.5 Å². The number of rotatable bonds is 6. The van der Waals surface area contributed by atoms with E-state index in [4.69, 9.17) is 5.11 Å². The van der Waals surface area contributed by atoms with E-state index in [9.17, 15) is 0 Å². The lowest BCUT2D eigenvalue weighted by Gasteiger charge is -2.08. The minimum atomic E-state index is -0.211. The highest BCUT2D eigenvalue weighted by molar-refractivity contribution is 5.51. The van der Waals surface area contributed by atoms with Crippen LogP contribution < -0.4 is 10.6 Å². The second-order valence-electron chi connectivity index (χ2n) is 3.60. The first kappa shape index (κ1) is 11.8. The lowest BCUT2D eigenvalue weighted by molar-refractivity contribution is 0.183. The summed E-state index contributed by atoms with van der Waals surface area (Å²) in [6.45, 7) is 2.68. The summed E-state index contributed by atoms with van der Waals surface area (Å²) < 4.78 is 0. The Hall–Kier alpha value is -1.29. The summed E-state index contributed by atoms with van der Waals surface area (Å²) >= 11 is 0. The van der Waals surface area contributed by atoms with Gasteiger partial charge in [0.15, 0.2) is 0 Å². The molecule has 4 heteroatoms. The van der Waals surface area contributed by atoms with Crippen LogP contribution in [0.25, 0.3) is 0 Å². The third-order valence-corrected chi connectivity index (χ3v) is 2.14. The predicted molar refractivity (Wildman–Crippen MR) is 63.2 cm³/mol. The van der Waals surface area contributed by atoms with Gasteiger partial charge in [-0.1, -0.05) is 0 Å². The second-order valence-corrected chi connectivity index (χ2v) is 3.60. The van der Waals surface area contributed by atoms with Gasteiger partial charge < -0.3 is 15.7 Å². The normalized spacial score (nSPS) is 12.2. The van der Waals surface area contributed by atoms with Crippen LogP contribution >= 0.6 is 0 Å². The van der Waals surface area contributed by atoms with Crippen LogP contribution in [0.15, 0.2) is 18.3 Å². The fourth-order valence-electron chi connectivity index (χ4n) is 1.31. The molecule has 84 valence electrons. The van der Waals surface area contributed by atoms with Crippen molar-refractivity contribution in [3.05, 3.63) is 18.3 Å². The summed E-state index contributed by atoms with van der Waals surface area (Å²) in [7, 11) is 1.85. The molecule has 0 aliphatic carbocycles. The lowest BCUT2D eigenvalue weighted by Crippen LogP contribution is -2.06. The van der Waals surface area contributed by atoms with Crippen LogP contribution in [0.3, 0.4) is 0 Å². The van der Waals surface area contributed by atoms with Crippen LogP contribution in [0.5, 0.6) is 0 Å². The fraction of sp³-hybridized carbons (Fsp3) is 0.545. The SMILES string of the molecule is CNc1cc(NCCCC(C)O)ccn1. The molecule has 0 saturated heterocycles. The van der Waals surface area contributed by atoms with Gasteiger partial charge in [0.1, 0.15) is 5.82 Å². The van der Waals surface area contributed by atoms with E-state index >= 15 is 0 Å². The molecule has 0 spiro atoms. The number of aliphatic hydroxyl groups is 1. The van der Waals surface area contributed by atoms with Gasteiger partial charge in [0.2, 0.25) is 0 Å². The molecule has 1 heterocycles. The Morgan fingerprint density at radius 1 is 1.53 bits per heavy atom. The number of anilines is 2. The molecule has 1 rings (SSSR count). The largest absolute Gasteiger partial charge is 0.393 e. The summed E-state index contributed by atoms with van der Waals surface area (Å²) in [5.41, 5.74) is 1.06. The van der Waals surface area contributed by atoms with Gasteiger partial charge in [-0.05, 0) is 25.8 Å². The minimum Gasteiger partial charge on any atom is -0.393 e. The van der Waals surface area contributed by atoms with E-state index in [1.54, 1.807) is 6.20 Å². The minimum absolute atomic E-state index is 0.211. The molecule has 3 N–H and O–H groups in total. The first-order chi connectivity index (χ1) is 7.22. The van der Waals surface area contributed by atoms with Crippen molar-refractivity contribution in [3.63, 3.8) is 0 Å². The number of aromatic nitrogens is 1. The van der Waals surface area contributed by atoms with Crippen molar-refractivity contribution in [2.24, 2.45) is 0 Å². The summed E-state index contributed by atoms with van der Waals surface area (Å²) in [5, 5.41) is 15.4. The number of nitrogens with one attached hydrogen (secondary N) is 2. The quantitative estimate of drug-likeness (QED) is 0.624. The Bertz CT molecular complexity index is 289. The number of nitrogens with zero attached hydrogens (tertiary/aromatic N) is 1. The van der Waals surface area contributed by atoms with Gasteiger partial charge in [0.25, 0.3) is 0 Å². The van der Waals surface area contributed by atoms with E-state index in [2.05, 4.69) is 15.6 Å². The Kier molecular flexibility index (Phi) is 4.90. The van der Waals surface area contributed by atoms with E-state index in [1.165, 1.54) is 0 Å². The van der Waals surface area contributed by atoms with Crippen LogP contribution in [-0.4, -0.2) is 29.8 Å². The molecule has 1 unspecified atom stereocenters. The van der Waals surface area contributed by atoms with Crippen LogP contribution in [0.2, 0.25) is 0 Å². The zero-order valence-electron chi connectivity index (χ0n) is 9.33. The van der Waals surface area contributed by atoms with Gasteiger partial charge in [0.05, 0.1) is 6.10 Å². The summed E-state index contributed by atoms with van der Waals surface area (Å²) in [5.74, 6) is 0.857. The average Bonchev–Trinajstić information content (AvgIpc) is 2.24. The lowest BCUT2D eigenvalue weighted by atomic mass is 10.2. The third kappa shape index (κ3) is 4.65. The van der Waals surface area contributed by atoms with Crippen molar-refractivity contribution in [1.82, 2.24) is 4.98 Å². The fourth-order valence-corrected chi connectivity index (χ4v) is 1.31. The zero-order chi connectivity index (χ0) is 11.1. The molecule has 1 aromatic heterocycles. The topological polar surface area (TPSA) is 57.2 Å².